The first kappa shape index (κ1) is 11.3. The van der Waals surface area contributed by atoms with Crippen molar-refractivity contribution < 1.29 is 0 Å². The van der Waals surface area contributed by atoms with E-state index < -0.39 is 0 Å². The van der Waals surface area contributed by atoms with Gasteiger partial charge in [0.2, 0.25) is 0 Å². The maximum atomic E-state index is 6.13. The number of rotatable bonds is 3. The summed E-state index contributed by atoms with van der Waals surface area (Å²) in [6, 6.07) is 8.57. The molecule has 2 rings (SSSR count). The van der Waals surface area contributed by atoms with E-state index in [0.717, 1.165) is 24.0 Å². The molecule has 0 spiro atoms. The van der Waals surface area contributed by atoms with E-state index in [0.29, 0.717) is 6.04 Å². The van der Waals surface area contributed by atoms with Gasteiger partial charge in [0.25, 0.3) is 0 Å². The van der Waals surface area contributed by atoms with Crippen molar-refractivity contribution in [3.63, 3.8) is 0 Å². The summed E-state index contributed by atoms with van der Waals surface area (Å²) < 4.78 is 0. The van der Waals surface area contributed by atoms with E-state index in [1.165, 1.54) is 18.4 Å². The lowest BCUT2D eigenvalue weighted by Crippen LogP contribution is -2.30. The maximum absolute atomic E-state index is 6.13. The zero-order valence-electron chi connectivity index (χ0n) is 8.63. The highest BCUT2D eigenvalue weighted by atomic mass is 35.5. The van der Waals surface area contributed by atoms with Gasteiger partial charge in [0.1, 0.15) is 0 Å². The number of hydrogen-bond acceptors (Lipinski definition) is 1. The summed E-state index contributed by atoms with van der Waals surface area (Å²) >= 11 is 12.1. The number of nitrogens with zero attached hydrogens (tertiary/aromatic N) is 1. The number of benzene rings is 1. The second kappa shape index (κ2) is 5.20. The van der Waals surface area contributed by atoms with Gasteiger partial charge in [-0.15, -0.1) is 11.6 Å². The van der Waals surface area contributed by atoms with Crippen LogP contribution in [0, 0.1) is 0 Å². The molecule has 1 nitrogen and oxygen atoms in total. The molecule has 0 radical (unpaired) electrons. The van der Waals surface area contributed by atoms with Crippen LogP contribution in [0.4, 0.5) is 0 Å². The van der Waals surface area contributed by atoms with Gasteiger partial charge in [-0.2, -0.15) is 0 Å². The van der Waals surface area contributed by atoms with E-state index in [1.54, 1.807) is 0 Å². The average Bonchev–Trinajstić information content (AvgIpc) is 2.69. The Hall–Kier alpha value is -0.240. The molecule has 1 unspecified atom stereocenters. The standard InChI is InChI=1S/C12H15Cl2N/c13-8-11-5-3-7-15(11)9-10-4-1-2-6-12(10)14/h1-2,4,6,11H,3,5,7-9H2. The van der Waals surface area contributed by atoms with Gasteiger partial charge in [-0.25, -0.2) is 0 Å². The zero-order chi connectivity index (χ0) is 10.7. The molecular formula is C12H15Cl2N. The molecule has 1 saturated heterocycles. The third-order valence-electron chi connectivity index (χ3n) is 3.01. The monoisotopic (exact) mass is 243 g/mol. The summed E-state index contributed by atoms with van der Waals surface area (Å²) in [5.74, 6) is 0.727. The lowest BCUT2D eigenvalue weighted by molar-refractivity contribution is 0.263. The predicted molar refractivity (Wildman–Crippen MR) is 65.6 cm³/mol. The van der Waals surface area contributed by atoms with Crippen molar-refractivity contribution in [1.82, 2.24) is 4.90 Å². The summed E-state index contributed by atoms with van der Waals surface area (Å²) in [6.07, 6.45) is 2.47. The van der Waals surface area contributed by atoms with Gasteiger partial charge in [-0.05, 0) is 31.0 Å². The van der Waals surface area contributed by atoms with Crippen LogP contribution >= 0.6 is 23.2 Å². The second-order valence-corrected chi connectivity index (χ2v) is 4.73. The van der Waals surface area contributed by atoms with Crippen molar-refractivity contribution in [3.05, 3.63) is 34.9 Å². The highest BCUT2D eigenvalue weighted by Gasteiger charge is 2.23. The van der Waals surface area contributed by atoms with Gasteiger partial charge in [0.05, 0.1) is 0 Å². The van der Waals surface area contributed by atoms with Crippen LogP contribution in [-0.4, -0.2) is 23.4 Å². The van der Waals surface area contributed by atoms with Gasteiger partial charge in [0, 0.05) is 23.5 Å². The fourth-order valence-corrected chi connectivity index (χ4v) is 2.67. The van der Waals surface area contributed by atoms with E-state index in [1.807, 2.05) is 18.2 Å². The van der Waals surface area contributed by atoms with Crippen LogP contribution in [0.1, 0.15) is 18.4 Å². The van der Waals surface area contributed by atoms with Crippen LogP contribution in [-0.2, 0) is 6.54 Å². The average molecular weight is 244 g/mol. The molecular weight excluding hydrogens is 229 g/mol. The number of likely N-dealkylation sites (tertiary alicyclic amines) is 1. The van der Waals surface area contributed by atoms with E-state index in [9.17, 15) is 0 Å². The van der Waals surface area contributed by atoms with Crippen LogP contribution in [0.2, 0.25) is 5.02 Å². The molecule has 3 heteroatoms. The minimum atomic E-state index is 0.530. The van der Waals surface area contributed by atoms with E-state index in [2.05, 4.69) is 11.0 Å². The summed E-state index contributed by atoms with van der Waals surface area (Å²) in [6.45, 7) is 2.07. The van der Waals surface area contributed by atoms with Crippen LogP contribution in [0.3, 0.4) is 0 Å². The van der Waals surface area contributed by atoms with Crippen LogP contribution in [0.5, 0.6) is 0 Å². The fraction of sp³-hybridized carbons (Fsp3) is 0.500. The third-order valence-corrected chi connectivity index (χ3v) is 3.73. The summed E-state index contributed by atoms with van der Waals surface area (Å²) in [7, 11) is 0. The van der Waals surface area contributed by atoms with Gasteiger partial charge in [-0.1, -0.05) is 29.8 Å². The molecule has 0 aromatic heterocycles. The topological polar surface area (TPSA) is 3.24 Å². The molecule has 1 heterocycles. The molecule has 1 fully saturated rings. The molecule has 82 valence electrons. The van der Waals surface area contributed by atoms with E-state index in [-0.39, 0.29) is 0 Å². The molecule has 1 atom stereocenters. The number of alkyl halides is 1. The van der Waals surface area contributed by atoms with Crippen molar-refractivity contribution >= 4 is 23.2 Å². The summed E-state index contributed by atoms with van der Waals surface area (Å²) in [4.78, 5) is 2.42. The third kappa shape index (κ3) is 2.66. The van der Waals surface area contributed by atoms with Crippen molar-refractivity contribution in [2.45, 2.75) is 25.4 Å². The Morgan fingerprint density at radius 1 is 1.33 bits per heavy atom. The Kier molecular flexibility index (Phi) is 3.90. The van der Waals surface area contributed by atoms with Crippen molar-refractivity contribution in [2.24, 2.45) is 0 Å². The molecule has 1 aliphatic heterocycles. The molecule has 0 aliphatic carbocycles. The minimum Gasteiger partial charge on any atom is -0.295 e. The predicted octanol–water partition coefficient (Wildman–Crippen LogP) is 3.54. The molecule has 0 saturated carbocycles. The van der Waals surface area contributed by atoms with E-state index in [4.69, 9.17) is 23.2 Å². The summed E-state index contributed by atoms with van der Waals surface area (Å²) in [5, 5.41) is 0.859. The molecule has 1 aliphatic rings. The van der Waals surface area contributed by atoms with E-state index >= 15 is 0 Å². The molecule has 0 amide bonds. The van der Waals surface area contributed by atoms with Crippen molar-refractivity contribution in [2.75, 3.05) is 12.4 Å². The normalized spacial score (nSPS) is 22.1. The summed E-state index contributed by atoms with van der Waals surface area (Å²) in [5.41, 5.74) is 1.20. The van der Waals surface area contributed by atoms with Crippen LogP contribution < -0.4 is 0 Å². The Labute approximate surface area is 101 Å². The highest BCUT2D eigenvalue weighted by molar-refractivity contribution is 6.31. The first-order valence-electron chi connectivity index (χ1n) is 5.34. The Morgan fingerprint density at radius 2 is 2.13 bits per heavy atom. The van der Waals surface area contributed by atoms with Crippen LogP contribution in [0.25, 0.3) is 0 Å². The lowest BCUT2D eigenvalue weighted by Gasteiger charge is -2.22. The molecule has 1 aromatic carbocycles. The molecule has 15 heavy (non-hydrogen) atoms. The Morgan fingerprint density at radius 3 is 2.87 bits per heavy atom. The Bertz CT molecular complexity index is 327. The van der Waals surface area contributed by atoms with Gasteiger partial charge < -0.3 is 0 Å². The highest BCUT2D eigenvalue weighted by Crippen LogP contribution is 2.24. The van der Waals surface area contributed by atoms with Gasteiger partial charge in [-0.3, -0.25) is 4.90 Å². The molecule has 0 bridgehead atoms. The van der Waals surface area contributed by atoms with Crippen LogP contribution in [0.15, 0.2) is 24.3 Å². The first-order valence-corrected chi connectivity index (χ1v) is 6.26. The second-order valence-electron chi connectivity index (χ2n) is 4.01. The SMILES string of the molecule is ClCC1CCCN1Cc1ccccc1Cl. The fourth-order valence-electron chi connectivity index (χ4n) is 2.12. The van der Waals surface area contributed by atoms with Gasteiger partial charge >= 0.3 is 0 Å². The molecule has 0 N–H and O–H groups in total. The minimum absolute atomic E-state index is 0.530. The largest absolute Gasteiger partial charge is 0.295 e. The zero-order valence-corrected chi connectivity index (χ0v) is 10.1. The Balaban J connectivity index is 2.05. The van der Waals surface area contributed by atoms with Crippen molar-refractivity contribution in [1.29, 1.82) is 0 Å². The van der Waals surface area contributed by atoms with Crippen molar-refractivity contribution in [3.8, 4) is 0 Å². The van der Waals surface area contributed by atoms with Gasteiger partial charge in [0.15, 0.2) is 0 Å². The smallest absolute Gasteiger partial charge is 0.0451 e. The number of halogens is 2. The maximum Gasteiger partial charge on any atom is 0.0451 e. The number of hydrogen-bond donors (Lipinski definition) is 0. The first-order chi connectivity index (χ1) is 7.31. The molecule has 1 aromatic rings. The lowest BCUT2D eigenvalue weighted by atomic mass is 10.2. The quantitative estimate of drug-likeness (QED) is 0.735.